The van der Waals surface area contributed by atoms with Crippen LogP contribution >= 0.6 is 0 Å². The number of hydrogen-bond acceptors (Lipinski definition) is 5. The summed E-state index contributed by atoms with van der Waals surface area (Å²) in [5.41, 5.74) is -0.464. The molecule has 2 saturated heterocycles. The van der Waals surface area contributed by atoms with Crippen molar-refractivity contribution >= 4 is 6.09 Å². The lowest BCUT2D eigenvalue weighted by atomic mass is 10.1. The molecule has 0 unspecified atom stereocenters. The fourth-order valence-corrected chi connectivity index (χ4v) is 2.51. The first-order valence-corrected chi connectivity index (χ1v) is 6.98. The van der Waals surface area contributed by atoms with Crippen molar-refractivity contribution in [3.05, 3.63) is 0 Å². The first kappa shape index (κ1) is 14.6. The maximum atomic E-state index is 11.8. The molecule has 110 valence electrons. The lowest BCUT2D eigenvalue weighted by molar-refractivity contribution is 0.0475. The third-order valence-corrected chi connectivity index (χ3v) is 3.37. The summed E-state index contributed by atoms with van der Waals surface area (Å²) >= 11 is 0. The van der Waals surface area contributed by atoms with Crippen molar-refractivity contribution in [2.45, 2.75) is 38.5 Å². The van der Waals surface area contributed by atoms with Crippen molar-refractivity contribution in [2.24, 2.45) is 0 Å². The SMILES string of the molecule is CC(C)(C)OC(=O)N[C@@H]1COC[C@H]1N1CCNCC1. The predicted molar refractivity (Wildman–Crippen MR) is 72.2 cm³/mol. The van der Waals surface area contributed by atoms with Crippen LogP contribution in [-0.4, -0.2) is 68.1 Å². The van der Waals surface area contributed by atoms with E-state index in [-0.39, 0.29) is 18.2 Å². The molecule has 2 aliphatic heterocycles. The summed E-state index contributed by atoms with van der Waals surface area (Å²) in [7, 11) is 0. The van der Waals surface area contributed by atoms with Gasteiger partial charge in [-0.25, -0.2) is 4.79 Å². The summed E-state index contributed by atoms with van der Waals surface area (Å²) < 4.78 is 10.8. The quantitative estimate of drug-likeness (QED) is 0.750. The number of alkyl carbamates (subject to hydrolysis) is 1. The summed E-state index contributed by atoms with van der Waals surface area (Å²) in [6.07, 6.45) is -0.358. The third kappa shape index (κ3) is 4.33. The van der Waals surface area contributed by atoms with E-state index in [0.29, 0.717) is 13.2 Å². The molecule has 1 amide bonds. The molecule has 0 radical (unpaired) electrons. The van der Waals surface area contributed by atoms with E-state index < -0.39 is 5.60 Å². The molecule has 0 saturated carbocycles. The lowest BCUT2D eigenvalue weighted by Crippen LogP contribution is -2.56. The maximum Gasteiger partial charge on any atom is 0.408 e. The Labute approximate surface area is 114 Å². The fourth-order valence-electron chi connectivity index (χ4n) is 2.51. The van der Waals surface area contributed by atoms with Crippen molar-refractivity contribution in [3.8, 4) is 0 Å². The van der Waals surface area contributed by atoms with E-state index >= 15 is 0 Å². The molecule has 6 heteroatoms. The van der Waals surface area contributed by atoms with Crippen LogP contribution in [0.3, 0.4) is 0 Å². The van der Waals surface area contributed by atoms with Gasteiger partial charge in [-0.2, -0.15) is 0 Å². The number of rotatable bonds is 2. The van der Waals surface area contributed by atoms with E-state index in [4.69, 9.17) is 9.47 Å². The average Bonchev–Trinajstić information content (AvgIpc) is 2.75. The number of piperazine rings is 1. The number of carbonyl (C=O) groups excluding carboxylic acids is 1. The minimum absolute atomic E-state index is 0.0212. The Morgan fingerprint density at radius 3 is 2.63 bits per heavy atom. The van der Waals surface area contributed by atoms with Gasteiger partial charge in [0.2, 0.25) is 0 Å². The number of carbonyl (C=O) groups is 1. The van der Waals surface area contributed by atoms with Gasteiger partial charge in [-0.15, -0.1) is 0 Å². The van der Waals surface area contributed by atoms with Gasteiger partial charge >= 0.3 is 6.09 Å². The van der Waals surface area contributed by atoms with Crippen molar-refractivity contribution in [3.63, 3.8) is 0 Å². The molecule has 0 bridgehead atoms. The van der Waals surface area contributed by atoms with Gasteiger partial charge < -0.3 is 20.1 Å². The van der Waals surface area contributed by atoms with Gasteiger partial charge in [0.1, 0.15) is 5.60 Å². The highest BCUT2D eigenvalue weighted by molar-refractivity contribution is 5.68. The van der Waals surface area contributed by atoms with Crippen LogP contribution in [-0.2, 0) is 9.47 Å². The number of nitrogens with one attached hydrogen (secondary N) is 2. The molecule has 0 aromatic carbocycles. The van der Waals surface area contributed by atoms with Crippen LogP contribution in [0.15, 0.2) is 0 Å². The summed E-state index contributed by atoms with van der Waals surface area (Å²) in [4.78, 5) is 14.2. The van der Waals surface area contributed by atoms with Gasteiger partial charge in [0.15, 0.2) is 0 Å². The van der Waals surface area contributed by atoms with Crippen LogP contribution < -0.4 is 10.6 Å². The molecule has 2 heterocycles. The van der Waals surface area contributed by atoms with E-state index in [9.17, 15) is 4.79 Å². The molecular formula is C13H25N3O3. The van der Waals surface area contributed by atoms with Crippen LogP contribution in [0.2, 0.25) is 0 Å². The molecule has 2 rings (SSSR count). The smallest absolute Gasteiger partial charge is 0.408 e. The van der Waals surface area contributed by atoms with Crippen molar-refractivity contribution < 1.29 is 14.3 Å². The normalized spacial score (nSPS) is 29.2. The number of nitrogens with zero attached hydrogens (tertiary/aromatic N) is 1. The highest BCUT2D eigenvalue weighted by Gasteiger charge is 2.35. The Hall–Kier alpha value is -0.850. The molecule has 19 heavy (non-hydrogen) atoms. The number of hydrogen-bond donors (Lipinski definition) is 2. The fraction of sp³-hybridized carbons (Fsp3) is 0.923. The van der Waals surface area contributed by atoms with Crippen LogP contribution in [0.4, 0.5) is 4.79 Å². The number of amides is 1. The molecule has 0 aromatic heterocycles. The van der Waals surface area contributed by atoms with Crippen LogP contribution in [0.5, 0.6) is 0 Å². The third-order valence-electron chi connectivity index (χ3n) is 3.37. The van der Waals surface area contributed by atoms with Gasteiger partial charge in [0.05, 0.1) is 25.3 Å². The predicted octanol–water partition coefficient (Wildman–Crippen LogP) is 0.184. The van der Waals surface area contributed by atoms with Gasteiger partial charge in [-0.1, -0.05) is 0 Å². The maximum absolute atomic E-state index is 11.8. The summed E-state index contributed by atoms with van der Waals surface area (Å²) in [6, 6.07) is 0.280. The van der Waals surface area contributed by atoms with Gasteiger partial charge in [0.25, 0.3) is 0 Å². The Bertz CT molecular complexity index is 311. The van der Waals surface area contributed by atoms with Crippen LogP contribution in [0.1, 0.15) is 20.8 Å². The summed E-state index contributed by atoms with van der Waals surface area (Å²) in [5.74, 6) is 0. The molecule has 2 aliphatic rings. The Morgan fingerprint density at radius 1 is 1.32 bits per heavy atom. The second-order valence-electron chi connectivity index (χ2n) is 6.14. The molecule has 0 spiro atoms. The summed E-state index contributed by atoms with van der Waals surface area (Å²) in [5, 5.41) is 6.26. The molecular weight excluding hydrogens is 246 g/mol. The van der Waals surface area contributed by atoms with E-state index in [2.05, 4.69) is 15.5 Å². The van der Waals surface area contributed by atoms with Crippen LogP contribution in [0.25, 0.3) is 0 Å². The second-order valence-corrected chi connectivity index (χ2v) is 6.14. The molecule has 6 nitrogen and oxygen atoms in total. The zero-order chi connectivity index (χ0) is 13.9. The van der Waals surface area contributed by atoms with E-state index in [1.54, 1.807) is 0 Å². The van der Waals surface area contributed by atoms with E-state index in [1.807, 2.05) is 20.8 Å². The van der Waals surface area contributed by atoms with E-state index in [0.717, 1.165) is 26.2 Å². The van der Waals surface area contributed by atoms with Crippen LogP contribution in [0, 0.1) is 0 Å². The molecule has 2 fully saturated rings. The Balaban J connectivity index is 1.86. The molecule has 0 aromatic rings. The largest absolute Gasteiger partial charge is 0.444 e. The van der Waals surface area contributed by atoms with Gasteiger partial charge in [-0.3, -0.25) is 4.90 Å². The van der Waals surface area contributed by atoms with E-state index in [1.165, 1.54) is 0 Å². The highest BCUT2D eigenvalue weighted by Crippen LogP contribution is 2.15. The standard InChI is InChI=1S/C13H25N3O3/c1-13(2,3)19-12(17)15-10-8-18-9-11(10)16-6-4-14-5-7-16/h10-11,14H,4-9H2,1-3H3,(H,15,17)/t10-,11-/m1/s1. The minimum Gasteiger partial charge on any atom is -0.444 e. The Morgan fingerprint density at radius 2 is 2.00 bits per heavy atom. The lowest BCUT2D eigenvalue weighted by Gasteiger charge is -2.35. The highest BCUT2D eigenvalue weighted by atomic mass is 16.6. The second kappa shape index (κ2) is 6.07. The van der Waals surface area contributed by atoms with Gasteiger partial charge in [-0.05, 0) is 20.8 Å². The van der Waals surface area contributed by atoms with Gasteiger partial charge in [0, 0.05) is 26.2 Å². The zero-order valence-electron chi connectivity index (χ0n) is 12.1. The average molecular weight is 271 g/mol. The topological polar surface area (TPSA) is 62.8 Å². The first-order chi connectivity index (χ1) is 8.96. The Kier molecular flexibility index (Phi) is 4.65. The monoisotopic (exact) mass is 271 g/mol. The molecule has 2 N–H and O–H groups in total. The zero-order valence-corrected chi connectivity index (χ0v) is 12.1. The minimum atomic E-state index is -0.464. The summed E-state index contributed by atoms with van der Waals surface area (Å²) in [6.45, 7) is 10.8. The van der Waals surface area contributed by atoms with Crippen molar-refractivity contribution in [1.29, 1.82) is 0 Å². The number of ether oxygens (including phenoxy) is 2. The first-order valence-electron chi connectivity index (χ1n) is 6.98. The molecule has 0 aliphatic carbocycles. The van der Waals surface area contributed by atoms with Crippen molar-refractivity contribution in [1.82, 2.24) is 15.5 Å². The van der Waals surface area contributed by atoms with Crippen molar-refractivity contribution in [2.75, 3.05) is 39.4 Å². The molecule has 2 atom stereocenters.